The highest BCUT2D eigenvalue weighted by Gasteiger charge is 2.53. The Hall–Kier alpha value is -2.75. The van der Waals surface area contributed by atoms with Gasteiger partial charge in [0.25, 0.3) is 5.91 Å². The minimum Gasteiger partial charge on any atom is -0.320 e. The Morgan fingerprint density at radius 1 is 1.10 bits per heavy atom. The molecule has 4 aromatic rings. The van der Waals surface area contributed by atoms with E-state index in [1.54, 1.807) is 12.1 Å². The average molecular weight is 635 g/mol. The molecule has 1 heterocycles. The molecule has 0 saturated carbocycles. The van der Waals surface area contributed by atoms with Gasteiger partial charge in [-0.1, -0.05) is 64.5 Å². The summed E-state index contributed by atoms with van der Waals surface area (Å²) < 4.78 is 48.2. The molecule has 0 aliphatic heterocycles. The first-order chi connectivity index (χ1) is 18.4. The Bertz CT molecular complexity index is 1640. The molecule has 1 aromatic heterocycles. The number of rotatable bonds is 8. The van der Waals surface area contributed by atoms with Crippen molar-refractivity contribution in [2.45, 2.75) is 33.0 Å². The molecular weight excluding hydrogens is 609 g/mol. The largest absolute Gasteiger partial charge is 0.401 e. The van der Waals surface area contributed by atoms with Crippen LogP contribution in [-0.4, -0.2) is 22.0 Å². The SMILES string of the molecule is CCOP(=O)(O)C(F)(F)c1ccc(Cn2c(-c3ccccc3)cs/c2=N\C(=O)c2ccc(C)c(C)c2)cc1Br. The van der Waals surface area contributed by atoms with Gasteiger partial charge in [0.2, 0.25) is 0 Å². The first kappa shape index (κ1) is 29.2. The van der Waals surface area contributed by atoms with E-state index >= 15 is 0 Å². The summed E-state index contributed by atoms with van der Waals surface area (Å²) >= 11 is 4.44. The van der Waals surface area contributed by atoms with E-state index in [1.165, 1.54) is 30.4 Å². The number of aryl methyl sites for hydroxylation is 2. The van der Waals surface area contributed by atoms with Crippen molar-refractivity contribution in [1.29, 1.82) is 0 Å². The van der Waals surface area contributed by atoms with Gasteiger partial charge in [-0.05, 0) is 61.2 Å². The van der Waals surface area contributed by atoms with Crippen LogP contribution in [0.25, 0.3) is 11.3 Å². The molecule has 6 nitrogen and oxygen atoms in total. The molecular formula is C28H26BrF2N2O4PS. The van der Waals surface area contributed by atoms with Gasteiger partial charge < -0.3 is 14.0 Å². The zero-order valence-corrected chi connectivity index (χ0v) is 24.7. The van der Waals surface area contributed by atoms with Crippen LogP contribution < -0.4 is 4.80 Å². The number of nitrogens with zero attached hydrogens (tertiary/aromatic N) is 2. The van der Waals surface area contributed by atoms with E-state index in [-0.39, 0.29) is 23.5 Å². The van der Waals surface area contributed by atoms with Crippen molar-refractivity contribution in [2.75, 3.05) is 6.61 Å². The predicted molar refractivity (Wildman–Crippen MR) is 152 cm³/mol. The first-order valence-electron chi connectivity index (χ1n) is 12.0. The molecule has 1 amide bonds. The molecule has 1 atom stereocenters. The number of amides is 1. The smallest absolute Gasteiger partial charge is 0.320 e. The highest BCUT2D eigenvalue weighted by Crippen LogP contribution is 2.64. The van der Waals surface area contributed by atoms with Gasteiger partial charge in [0.05, 0.1) is 18.8 Å². The fourth-order valence-electron chi connectivity index (χ4n) is 3.93. The Morgan fingerprint density at radius 2 is 1.82 bits per heavy atom. The molecule has 1 N–H and O–H groups in total. The van der Waals surface area contributed by atoms with Crippen LogP contribution in [0.1, 0.15) is 39.5 Å². The fourth-order valence-corrected chi connectivity index (χ4v) is 6.67. The number of carbonyl (C=O) groups excluding carboxylic acids is 1. The number of halogens is 3. The van der Waals surface area contributed by atoms with Gasteiger partial charge >= 0.3 is 13.3 Å². The maximum atomic E-state index is 14.9. The second-order valence-electron chi connectivity index (χ2n) is 8.87. The van der Waals surface area contributed by atoms with Crippen molar-refractivity contribution in [2.24, 2.45) is 4.99 Å². The summed E-state index contributed by atoms with van der Waals surface area (Å²) in [5.74, 6) is -0.390. The third kappa shape index (κ3) is 6.21. The Labute approximate surface area is 237 Å². The van der Waals surface area contributed by atoms with Crippen LogP contribution in [0.3, 0.4) is 0 Å². The normalized spacial score (nSPS) is 13.9. The van der Waals surface area contributed by atoms with Crippen molar-refractivity contribution in [3.63, 3.8) is 0 Å². The van der Waals surface area contributed by atoms with Gasteiger partial charge in [0.1, 0.15) is 0 Å². The summed E-state index contributed by atoms with van der Waals surface area (Å²) in [4.78, 5) is 27.7. The quantitative estimate of drug-likeness (QED) is 0.202. The second-order valence-corrected chi connectivity index (χ2v) is 12.4. The van der Waals surface area contributed by atoms with Crippen molar-refractivity contribution < 1.29 is 27.6 Å². The van der Waals surface area contributed by atoms with Gasteiger partial charge in [-0.3, -0.25) is 9.36 Å². The number of hydrogen-bond acceptors (Lipinski definition) is 4. The maximum Gasteiger partial charge on any atom is 0.401 e. The van der Waals surface area contributed by atoms with Crippen LogP contribution in [0.4, 0.5) is 8.78 Å². The number of aromatic nitrogens is 1. The molecule has 0 fully saturated rings. The molecule has 3 aromatic carbocycles. The molecule has 1 unspecified atom stereocenters. The standard InChI is InChI=1S/C28H26BrF2N2O4PS/c1-4-37-38(35,36)28(30,31)23-13-11-20(15-24(23)29)16-33-25(21-8-6-5-7-9-21)17-39-27(33)32-26(34)22-12-10-18(2)19(3)14-22/h5-15,17H,4,16H2,1-3H3,(H,35,36)/b32-27-. The van der Waals surface area contributed by atoms with Crippen molar-refractivity contribution >= 4 is 40.8 Å². The van der Waals surface area contributed by atoms with E-state index in [0.717, 1.165) is 28.5 Å². The summed E-state index contributed by atoms with van der Waals surface area (Å²) in [6, 6.07) is 19.0. The number of hydrogen-bond donors (Lipinski definition) is 1. The Morgan fingerprint density at radius 3 is 2.46 bits per heavy atom. The molecule has 0 radical (unpaired) electrons. The van der Waals surface area contributed by atoms with Crippen molar-refractivity contribution in [3.8, 4) is 11.3 Å². The predicted octanol–water partition coefficient (Wildman–Crippen LogP) is 7.66. The van der Waals surface area contributed by atoms with Gasteiger partial charge in [-0.2, -0.15) is 13.8 Å². The molecule has 39 heavy (non-hydrogen) atoms. The van der Waals surface area contributed by atoms with E-state index < -0.39 is 18.8 Å². The molecule has 0 aliphatic carbocycles. The number of alkyl halides is 2. The lowest BCUT2D eigenvalue weighted by Gasteiger charge is -2.23. The Balaban J connectivity index is 1.77. The zero-order chi connectivity index (χ0) is 28.4. The van der Waals surface area contributed by atoms with Gasteiger partial charge in [0, 0.05) is 21.0 Å². The average Bonchev–Trinajstić information content (AvgIpc) is 3.27. The lowest BCUT2D eigenvalue weighted by Crippen LogP contribution is -2.20. The van der Waals surface area contributed by atoms with E-state index in [0.29, 0.717) is 15.9 Å². The minimum absolute atomic E-state index is 0.0410. The third-order valence-corrected chi connectivity index (χ3v) is 9.25. The minimum atomic E-state index is -5.24. The van der Waals surface area contributed by atoms with Gasteiger partial charge in [0.15, 0.2) is 4.80 Å². The number of benzene rings is 3. The highest BCUT2D eigenvalue weighted by molar-refractivity contribution is 9.10. The van der Waals surface area contributed by atoms with E-state index in [1.807, 2.05) is 60.2 Å². The summed E-state index contributed by atoms with van der Waals surface area (Å²) in [5.41, 5.74) is 0.0742. The summed E-state index contributed by atoms with van der Waals surface area (Å²) in [5, 5.41) is 1.89. The second kappa shape index (κ2) is 11.8. The monoisotopic (exact) mass is 634 g/mol. The van der Waals surface area contributed by atoms with Crippen LogP contribution in [0.2, 0.25) is 0 Å². The molecule has 0 aliphatic rings. The lowest BCUT2D eigenvalue weighted by molar-refractivity contribution is 0.0459. The van der Waals surface area contributed by atoms with Crippen LogP contribution >= 0.6 is 34.9 Å². The molecule has 0 spiro atoms. The summed E-state index contributed by atoms with van der Waals surface area (Å²) in [7, 11) is -5.24. The van der Waals surface area contributed by atoms with Crippen LogP contribution in [0, 0.1) is 13.8 Å². The lowest BCUT2D eigenvalue weighted by atomic mass is 10.1. The van der Waals surface area contributed by atoms with E-state index in [2.05, 4.69) is 25.4 Å². The first-order valence-corrected chi connectivity index (χ1v) is 15.2. The molecule has 0 bridgehead atoms. The van der Waals surface area contributed by atoms with Gasteiger partial charge in [-0.25, -0.2) is 0 Å². The van der Waals surface area contributed by atoms with E-state index in [4.69, 9.17) is 0 Å². The van der Waals surface area contributed by atoms with Crippen LogP contribution in [0.5, 0.6) is 0 Å². The van der Waals surface area contributed by atoms with Crippen LogP contribution in [0.15, 0.2) is 81.6 Å². The summed E-state index contributed by atoms with van der Waals surface area (Å²) in [6.07, 6.45) is 0. The third-order valence-electron chi connectivity index (χ3n) is 6.18. The molecule has 0 saturated heterocycles. The van der Waals surface area contributed by atoms with E-state index in [9.17, 15) is 23.0 Å². The van der Waals surface area contributed by atoms with Crippen LogP contribution in [-0.2, 0) is 21.3 Å². The maximum absolute atomic E-state index is 14.9. The van der Waals surface area contributed by atoms with Gasteiger partial charge in [-0.15, -0.1) is 11.3 Å². The molecule has 204 valence electrons. The number of thiazole rings is 1. The molecule has 4 rings (SSSR count). The number of carbonyl (C=O) groups is 1. The highest BCUT2D eigenvalue weighted by atomic mass is 79.9. The summed E-state index contributed by atoms with van der Waals surface area (Å²) in [6.45, 7) is 5.14. The molecule has 11 heteroatoms. The fraction of sp³-hybridized carbons (Fsp3) is 0.214. The van der Waals surface area contributed by atoms with Crippen molar-refractivity contribution in [3.05, 3.63) is 109 Å². The zero-order valence-electron chi connectivity index (χ0n) is 21.4. The van der Waals surface area contributed by atoms with Crippen molar-refractivity contribution in [1.82, 2.24) is 4.57 Å². The topological polar surface area (TPSA) is 80.9 Å². The Kier molecular flexibility index (Phi) is 8.83.